The topological polar surface area (TPSA) is 42.7 Å². The Hall–Kier alpha value is -1.72. The number of imidazole rings is 1. The minimum absolute atomic E-state index is 0.965. The van der Waals surface area contributed by atoms with Crippen LogP contribution in [0.5, 0.6) is 0 Å². The first-order valence-corrected chi connectivity index (χ1v) is 7.10. The monoisotopic (exact) mass is 272 g/mol. The molecule has 5 heteroatoms. The molecule has 0 bridgehead atoms. The predicted molar refractivity (Wildman–Crippen MR) is 79.5 cm³/mol. The largest absolute Gasteiger partial charge is 0.334 e. The van der Waals surface area contributed by atoms with Crippen LogP contribution in [0.3, 0.4) is 0 Å². The molecule has 0 aliphatic rings. The zero-order chi connectivity index (χ0) is 13.2. The number of rotatable bonds is 4. The Labute approximate surface area is 116 Å². The van der Waals surface area contributed by atoms with E-state index in [4.69, 9.17) is 0 Å². The Morgan fingerprint density at radius 3 is 3.05 bits per heavy atom. The molecule has 2 aromatic heterocycles. The van der Waals surface area contributed by atoms with Crippen molar-refractivity contribution in [2.45, 2.75) is 6.42 Å². The fraction of sp³-hybridized carbons (Fsp3) is 0.286. The van der Waals surface area contributed by atoms with Gasteiger partial charge in [0.1, 0.15) is 0 Å². The minimum atomic E-state index is 0.965. The van der Waals surface area contributed by atoms with Crippen LogP contribution in [0.2, 0.25) is 0 Å². The molecule has 3 rings (SSSR count). The fourth-order valence-electron chi connectivity index (χ4n) is 2.08. The van der Waals surface area contributed by atoms with Crippen molar-refractivity contribution in [2.24, 2.45) is 7.05 Å². The Bertz CT molecular complexity index is 698. The number of benzene rings is 1. The molecular weight excluding hydrogens is 256 g/mol. The van der Waals surface area contributed by atoms with Crippen molar-refractivity contribution in [3.8, 4) is 10.4 Å². The summed E-state index contributed by atoms with van der Waals surface area (Å²) in [5.74, 6) is 0. The van der Waals surface area contributed by atoms with Gasteiger partial charge in [0.15, 0.2) is 0 Å². The van der Waals surface area contributed by atoms with Gasteiger partial charge in [0, 0.05) is 26.2 Å². The quantitative estimate of drug-likeness (QED) is 0.793. The molecule has 0 amide bonds. The molecule has 0 saturated carbocycles. The molecule has 98 valence electrons. The molecule has 0 aliphatic carbocycles. The lowest BCUT2D eigenvalue weighted by Crippen LogP contribution is -2.09. The van der Waals surface area contributed by atoms with Gasteiger partial charge in [0.05, 0.1) is 27.2 Å². The second-order valence-electron chi connectivity index (χ2n) is 4.53. The molecule has 0 atom stereocenters. The summed E-state index contributed by atoms with van der Waals surface area (Å²) in [6.45, 7) is 0.965. The summed E-state index contributed by atoms with van der Waals surface area (Å²) in [6, 6.07) is 6.38. The summed E-state index contributed by atoms with van der Waals surface area (Å²) in [4.78, 5) is 10.1. The number of hydrogen-bond acceptors (Lipinski definition) is 4. The molecular formula is C14H16N4S. The highest BCUT2D eigenvalue weighted by atomic mass is 32.1. The number of aryl methyl sites for hydroxylation is 1. The number of fused-ring (bicyclic) bond motifs is 1. The molecule has 0 radical (unpaired) electrons. The van der Waals surface area contributed by atoms with Crippen molar-refractivity contribution in [1.82, 2.24) is 19.9 Å². The van der Waals surface area contributed by atoms with E-state index in [9.17, 15) is 0 Å². The van der Waals surface area contributed by atoms with Crippen molar-refractivity contribution >= 4 is 22.4 Å². The van der Waals surface area contributed by atoms with Crippen LogP contribution in [0.4, 0.5) is 0 Å². The number of hydrogen-bond donors (Lipinski definition) is 1. The number of thiazole rings is 1. The molecule has 4 nitrogen and oxygen atoms in total. The lowest BCUT2D eigenvalue weighted by Gasteiger charge is -1.98. The molecule has 1 N–H and O–H groups in total. The van der Waals surface area contributed by atoms with Gasteiger partial charge in [-0.15, -0.1) is 11.3 Å². The van der Waals surface area contributed by atoms with Gasteiger partial charge in [-0.25, -0.2) is 9.97 Å². The Morgan fingerprint density at radius 2 is 2.21 bits per heavy atom. The van der Waals surface area contributed by atoms with E-state index < -0.39 is 0 Å². The summed E-state index contributed by atoms with van der Waals surface area (Å²) >= 11 is 1.76. The lowest BCUT2D eigenvalue weighted by atomic mass is 10.2. The first-order chi connectivity index (χ1) is 9.28. The van der Waals surface area contributed by atoms with E-state index in [1.165, 1.54) is 15.4 Å². The number of aromatic nitrogens is 3. The van der Waals surface area contributed by atoms with Crippen molar-refractivity contribution in [3.05, 3.63) is 35.7 Å². The van der Waals surface area contributed by atoms with Gasteiger partial charge in [-0.2, -0.15) is 0 Å². The SMILES string of the molecule is CNCCc1ncc(-c2ccc3c(c2)ncn3C)s1. The van der Waals surface area contributed by atoms with E-state index in [-0.39, 0.29) is 0 Å². The van der Waals surface area contributed by atoms with Gasteiger partial charge in [-0.1, -0.05) is 6.07 Å². The third kappa shape index (κ3) is 2.39. The highest BCUT2D eigenvalue weighted by Crippen LogP contribution is 2.28. The summed E-state index contributed by atoms with van der Waals surface area (Å²) in [5.41, 5.74) is 3.38. The van der Waals surface area contributed by atoms with Crippen LogP contribution in [-0.2, 0) is 13.5 Å². The smallest absolute Gasteiger partial charge is 0.0955 e. The Kier molecular flexibility index (Phi) is 3.31. The lowest BCUT2D eigenvalue weighted by molar-refractivity contribution is 0.787. The molecule has 0 fully saturated rings. The van der Waals surface area contributed by atoms with E-state index in [1.807, 2.05) is 31.2 Å². The van der Waals surface area contributed by atoms with E-state index >= 15 is 0 Å². The maximum absolute atomic E-state index is 4.47. The average Bonchev–Trinajstić information content (AvgIpc) is 3.04. The van der Waals surface area contributed by atoms with E-state index in [0.29, 0.717) is 0 Å². The first kappa shape index (κ1) is 12.3. The average molecular weight is 272 g/mol. The molecule has 3 aromatic rings. The van der Waals surface area contributed by atoms with Gasteiger partial charge in [0.25, 0.3) is 0 Å². The molecule has 1 aromatic carbocycles. The van der Waals surface area contributed by atoms with Crippen molar-refractivity contribution < 1.29 is 0 Å². The van der Waals surface area contributed by atoms with Crippen molar-refractivity contribution in [2.75, 3.05) is 13.6 Å². The third-order valence-electron chi connectivity index (χ3n) is 3.15. The fourth-order valence-corrected chi connectivity index (χ4v) is 2.99. The molecule has 0 saturated heterocycles. The van der Waals surface area contributed by atoms with Gasteiger partial charge in [0.2, 0.25) is 0 Å². The summed E-state index contributed by atoms with van der Waals surface area (Å²) in [5, 5.41) is 4.32. The van der Waals surface area contributed by atoms with Crippen molar-refractivity contribution in [3.63, 3.8) is 0 Å². The second-order valence-corrected chi connectivity index (χ2v) is 5.65. The van der Waals surface area contributed by atoms with Crippen LogP contribution < -0.4 is 5.32 Å². The van der Waals surface area contributed by atoms with Crippen LogP contribution in [-0.4, -0.2) is 28.1 Å². The highest BCUT2D eigenvalue weighted by Gasteiger charge is 2.07. The van der Waals surface area contributed by atoms with E-state index in [2.05, 4.69) is 33.5 Å². The molecule has 0 spiro atoms. The van der Waals surface area contributed by atoms with E-state index in [0.717, 1.165) is 24.0 Å². The maximum Gasteiger partial charge on any atom is 0.0955 e. The first-order valence-electron chi connectivity index (χ1n) is 6.28. The number of likely N-dealkylation sites (N-methyl/N-ethyl adjacent to an activating group) is 1. The summed E-state index contributed by atoms with van der Waals surface area (Å²) in [6.07, 6.45) is 4.78. The Balaban J connectivity index is 1.92. The van der Waals surface area contributed by atoms with Crippen molar-refractivity contribution in [1.29, 1.82) is 0 Å². The highest BCUT2D eigenvalue weighted by molar-refractivity contribution is 7.15. The van der Waals surface area contributed by atoms with Gasteiger partial charge >= 0.3 is 0 Å². The third-order valence-corrected chi connectivity index (χ3v) is 4.26. The van der Waals surface area contributed by atoms with E-state index in [1.54, 1.807) is 11.3 Å². The van der Waals surface area contributed by atoms with Gasteiger partial charge < -0.3 is 9.88 Å². The molecule has 0 aliphatic heterocycles. The Morgan fingerprint density at radius 1 is 1.32 bits per heavy atom. The zero-order valence-corrected chi connectivity index (χ0v) is 11.9. The van der Waals surface area contributed by atoms with Crippen LogP contribution >= 0.6 is 11.3 Å². The van der Waals surface area contributed by atoms with Crippen LogP contribution in [0.1, 0.15) is 5.01 Å². The number of nitrogens with one attached hydrogen (secondary N) is 1. The predicted octanol–water partition coefficient (Wildman–Crippen LogP) is 2.46. The van der Waals surface area contributed by atoms with Crippen LogP contribution in [0, 0.1) is 0 Å². The minimum Gasteiger partial charge on any atom is -0.334 e. The zero-order valence-electron chi connectivity index (χ0n) is 11.1. The number of nitrogens with zero attached hydrogens (tertiary/aromatic N) is 3. The standard InChI is InChI=1S/C14H16N4S/c1-15-6-5-14-16-8-13(19-14)10-3-4-12-11(7-10)17-9-18(12)2/h3-4,7-9,15H,5-6H2,1-2H3. The van der Waals surface area contributed by atoms with Crippen LogP contribution in [0.15, 0.2) is 30.7 Å². The summed E-state index contributed by atoms with van der Waals surface area (Å²) < 4.78 is 2.03. The molecule has 19 heavy (non-hydrogen) atoms. The van der Waals surface area contributed by atoms with Crippen LogP contribution in [0.25, 0.3) is 21.5 Å². The summed E-state index contributed by atoms with van der Waals surface area (Å²) in [7, 11) is 3.97. The van der Waals surface area contributed by atoms with Gasteiger partial charge in [-0.3, -0.25) is 0 Å². The maximum atomic E-state index is 4.47. The normalized spacial score (nSPS) is 11.3. The molecule has 2 heterocycles. The second kappa shape index (κ2) is 5.11. The molecule has 0 unspecified atom stereocenters. The van der Waals surface area contributed by atoms with Gasteiger partial charge in [-0.05, 0) is 24.7 Å².